The third-order valence-electron chi connectivity index (χ3n) is 3.63. The molecule has 5 heteroatoms. The van der Waals surface area contributed by atoms with Crippen molar-refractivity contribution >= 4 is 22.1 Å². The zero-order chi connectivity index (χ0) is 12.6. The fraction of sp³-hybridized carbons (Fsp3) is 0.462. The molecule has 0 aliphatic heterocycles. The standard InChI is InChI=1S/C13H13N3OS/c14-9-13(4-2-1-3-11(13)17)7-10-8-16-5-6-18-12(16)15-10/h5-6,8H,1-4,7H2. The maximum Gasteiger partial charge on any atom is 0.193 e. The summed E-state index contributed by atoms with van der Waals surface area (Å²) in [5.74, 6) is 0.0904. The normalized spacial score (nSPS) is 24.3. The van der Waals surface area contributed by atoms with Gasteiger partial charge in [-0.05, 0) is 12.8 Å². The summed E-state index contributed by atoms with van der Waals surface area (Å²) < 4.78 is 1.94. The van der Waals surface area contributed by atoms with Gasteiger partial charge in [0.15, 0.2) is 10.7 Å². The first-order chi connectivity index (χ1) is 8.73. The molecule has 2 heterocycles. The van der Waals surface area contributed by atoms with Gasteiger partial charge >= 0.3 is 0 Å². The molecule has 1 aliphatic rings. The van der Waals surface area contributed by atoms with Gasteiger partial charge in [-0.2, -0.15) is 5.26 Å². The van der Waals surface area contributed by atoms with Crippen molar-refractivity contribution in [3.05, 3.63) is 23.5 Å². The van der Waals surface area contributed by atoms with Crippen molar-refractivity contribution in [1.29, 1.82) is 5.26 Å². The largest absolute Gasteiger partial charge is 0.298 e. The van der Waals surface area contributed by atoms with E-state index < -0.39 is 5.41 Å². The van der Waals surface area contributed by atoms with Gasteiger partial charge in [-0.25, -0.2) is 4.98 Å². The van der Waals surface area contributed by atoms with Crippen molar-refractivity contribution in [2.24, 2.45) is 5.41 Å². The van der Waals surface area contributed by atoms with Crippen LogP contribution in [0.25, 0.3) is 4.96 Å². The number of aromatic nitrogens is 2. The summed E-state index contributed by atoms with van der Waals surface area (Å²) >= 11 is 1.56. The lowest BCUT2D eigenvalue weighted by Crippen LogP contribution is -2.35. The number of hydrogen-bond donors (Lipinski definition) is 0. The second kappa shape index (κ2) is 4.21. The molecule has 1 unspecified atom stereocenters. The maximum absolute atomic E-state index is 12.1. The molecule has 0 N–H and O–H groups in total. The molecule has 2 aromatic rings. The molecule has 2 aromatic heterocycles. The third kappa shape index (κ3) is 1.73. The molecule has 0 spiro atoms. The van der Waals surface area contributed by atoms with E-state index in [2.05, 4.69) is 11.1 Å². The number of hydrogen-bond acceptors (Lipinski definition) is 4. The topological polar surface area (TPSA) is 58.2 Å². The number of rotatable bonds is 2. The van der Waals surface area contributed by atoms with Crippen molar-refractivity contribution in [3.63, 3.8) is 0 Å². The highest BCUT2D eigenvalue weighted by Gasteiger charge is 2.40. The smallest absolute Gasteiger partial charge is 0.193 e. The van der Waals surface area contributed by atoms with E-state index in [1.54, 1.807) is 11.3 Å². The average Bonchev–Trinajstić information content (AvgIpc) is 2.93. The van der Waals surface area contributed by atoms with Crippen LogP contribution >= 0.6 is 11.3 Å². The number of Topliss-reactive ketones (excluding diaryl/α,β-unsaturated/α-hetero) is 1. The van der Waals surface area contributed by atoms with Crippen molar-refractivity contribution in [2.75, 3.05) is 0 Å². The molecule has 0 saturated heterocycles. The highest BCUT2D eigenvalue weighted by Crippen LogP contribution is 2.35. The predicted octanol–water partition coefficient (Wildman–Crippen LogP) is 2.59. The summed E-state index contributed by atoms with van der Waals surface area (Å²) in [6, 6.07) is 2.26. The SMILES string of the molecule is N#CC1(Cc2cn3ccsc3n2)CCCCC1=O. The Kier molecular flexibility index (Phi) is 2.67. The molecule has 3 rings (SSSR count). The van der Waals surface area contributed by atoms with Crippen LogP contribution in [-0.4, -0.2) is 15.2 Å². The Hall–Kier alpha value is -1.67. The van der Waals surface area contributed by atoms with Crippen molar-refractivity contribution in [3.8, 4) is 6.07 Å². The number of carbonyl (C=O) groups excluding carboxylic acids is 1. The molecule has 1 saturated carbocycles. The molecule has 4 nitrogen and oxygen atoms in total. The summed E-state index contributed by atoms with van der Waals surface area (Å²) in [7, 11) is 0. The Balaban J connectivity index is 1.92. The van der Waals surface area contributed by atoms with Crippen LogP contribution in [0.4, 0.5) is 0 Å². The molecular weight excluding hydrogens is 246 g/mol. The van der Waals surface area contributed by atoms with E-state index in [0.717, 1.165) is 23.5 Å². The fourth-order valence-electron chi connectivity index (χ4n) is 2.61. The number of fused-ring (bicyclic) bond motifs is 1. The summed E-state index contributed by atoms with van der Waals surface area (Å²) in [6.45, 7) is 0. The number of ketones is 1. The van der Waals surface area contributed by atoms with Crippen LogP contribution in [0.15, 0.2) is 17.8 Å². The van der Waals surface area contributed by atoms with Crippen LogP contribution in [-0.2, 0) is 11.2 Å². The molecule has 92 valence electrons. The Morgan fingerprint density at radius 1 is 1.56 bits per heavy atom. The first-order valence-corrected chi connectivity index (χ1v) is 6.97. The van der Waals surface area contributed by atoms with Gasteiger partial charge in [0.05, 0.1) is 11.8 Å². The van der Waals surface area contributed by atoms with Crippen molar-refractivity contribution in [2.45, 2.75) is 32.1 Å². The van der Waals surface area contributed by atoms with Crippen LogP contribution in [0.3, 0.4) is 0 Å². The summed E-state index contributed by atoms with van der Waals surface area (Å²) in [4.78, 5) is 17.4. The van der Waals surface area contributed by atoms with Crippen LogP contribution in [0.5, 0.6) is 0 Å². The monoisotopic (exact) mass is 259 g/mol. The second-order valence-electron chi connectivity index (χ2n) is 4.83. The Morgan fingerprint density at radius 2 is 2.44 bits per heavy atom. The van der Waals surface area contributed by atoms with Gasteiger partial charge in [0.1, 0.15) is 5.41 Å². The van der Waals surface area contributed by atoms with Crippen molar-refractivity contribution in [1.82, 2.24) is 9.38 Å². The van der Waals surface area contributed by atoms with E-state index in [1.165, 1.54) is 0 Å². The number of thiazole rings is 1. The predicted molar refractivity (Wildman–Crippen MR) is 68.3 cm³/mol. The van der Waals surface area contributed by atoms with Crippen LogP contribution in [0, 0.1) is 16.7 Å². The molecule has 0 aromatic carbocycles. The lowest BCUT2D eigenvalue weighted by atomic mass is 9.71. The highest BCUT2D eigenvalue weighted by molar-refractivity contribution is 7.15. The summed E-state index contributed by atoms with van der Waals surface area (Å²) in [6.07, 6.45) is 7.41. The van der Waals surface area contributed by atoms with Crippen LogP contribution < -0.4 is 0 Å². The molecule has 1 aliphatic carbocycles. The molecule has 0 bridgehead atoms. The number of nitrogens with zero attached hydrogens (tertiary/aromatic N) is 3. The minimum absolute atomic E-state index is 0.0904. The maximum atomic E-state index is 12.1. The number of carbonyl (C=O) groups is 1. The molecular formula is C13H13N3OS. The molecule has 0 radical (unpaired) electrons. The minimum atomic E-state index is -0.831. The molecule has 1 fully saturated rings. The van der Waals surface area contributed by atoms with Gasteiger partial charge in [-0.1, -0.05) is 6.42 Å². The number of nitriles is 1. The Labute approximate surface area is 109 Å². The van der Waals surface area contributed by atoms with E-state index in [4.69, 9.17) is 0 Å². The van der Waals surface area contributed by atoms with E-state index >= 15 is 0 Å². The summed E-state index contributed by atoms with van der Waals surface area (Å²) in [5.41, 5.74) is 0.0149. The lowest BCUT2D eigenvalue weighted by Gasteiger charge is -2.28. The second-order valence-corrected chi connectivity index (χ2v) is 5.70. The van der Waals surface area contributed by atoms with E-state index in [1.807, 2.05) is 22.2 Å². The quantitative estimate of drug-likeness (QED) is 0.833. The van der Waals surface area contributed by atoms with Crippen LogP contribution in [0.2, 0.25) is 0 Å². The van der Waals surface area contributed by atoms with Crippen LogP contribution in [0.1, 0.15) is 31.4 Å². The van der Waals surface area contributed by atoms with E-state index in [-0.39, 0.29) is 5.78 Å². The fourth-order valence-corrected chi connectivity index (χ4v) is 3.33. The minimum Gasteiger partial charge on any atom is -0.298 e. The van der Waals surface area contributed by atoms with E-state index in [0.29, 0.717) is 19.3 Å². The average molecular weight is 259 g/mol. The Bertz CT molecular complexity index is 607. The van der Waals surface area contributed by atoms with Gasteiger partial charge in [0.2, 0.25) is 0 Å². The zero-order valence-corrected chi connectivity index (χ0v) is 10.7. The third-order valence-corrected chi connectivity index (χ3v) is 4.40. The van der Waals surface area contributed by atoms with Gasteiger partial charge in [0, 0.05) is 30.6 Å². The highest BCUT2D eigenvalue weighted by atomic mass is 32.1. The first kappa shape index (κ1) is 11.4. The molecule has 18 heavy (non-hydrogen) atoms. The Morgan fingerprint density at radius 3 is 3.17 bits per heavy atom. The van der Waals surface area contributed by atoms with Gasteiger partial charge < -0.3 is 0 Å². The molecule has 0 amide bonds. The zero-order valence-electron chi connectivity index (χ0n) is 9.93. The van der Waals surface area contributed by atoms with Gasteiger partial charge in [-0.3, -0.25) is 9.20 Å². The van der Waals surface area contributed by atoms with Crippen molar-refractivity contribution < 1.29 is 4.79 Å². The molecule has 1 atom stereocenters. The lowest BCUT2D eigenvalue weighted by molar-refractivity contribution is -0.128. The summed E-state index contributed by atoms with van der Waals surface area (Å²) in [5, 5.41) is 11.4. The van der Waals surface area contributed by atoms with Gasteiger partial charge in [0.25, 0.3) is 0 Å². The number of imidazole rings is 1. The van der Waals surface area contributed by atoms with Gasteiger partial charge in [-0.15, -0.1) is 11.3 Å². The first-order valence-electron chi connectivity index (χ1n) is 6.09. The van der Waals surface area contributed by atoms with E-state index in [9.17, 15) is 10.1 Å².